The Morgan fingerprint density at radius 3 is 2.81 bits per heavy atom. The Balaban J connectivity index is 2.08. The minimum Gasteiger partial charge on any atom is -0.406 e. The lowest BCUT2D eigenvalue weighted by molar-refractivity contribution is -0.274. The molecule has 2 aromatic heterocycles. The van der Waals surface area contributed by atoms with Crippen LogP contribution in [0.25, 0.3) is 16.8 Å². The molecule has 108 valence electrons. The van der Waals surface area contributed by atoms with Crippen LogP contribution in [0.4, 0.5) is 13.2 Å². The van der Waals surface area contributed by atoms with Crippen LogP contribution in [-0.4, -0.2) is 21.0 Å². The largest absolute Gasteiger partial charge is 0.573 e. The van der Waals surface area contributed by atoms with Gasteiger partial charge in [-0.3, -0.25) is 4.79 Å². The van der Waals surface area contributed by atoms with E-state index in [1.54, 1.807) is 6.07 Å². The molecule has 0 unspecified atom stereocenters. The summed E-state index contributed by atoms with van der Waals surface area (Å²) in [4.78, 5) is 13.9. The Hall–Kier alpha value is -2.77. The van der Waals surface area contributed by atoms with Gasteiger partial charge in [-0.25, -0.2) is 4.52 Å². The van der Waals surface area contributed by atoms with Crippen LogP contribution in [0, 0.1) is 0 Å². The number of H-pyrrole nitrogens is 1. The zero-order valence-electron chi connectivity index (χ0n) is 10.4. The molecule has 0 amide bonds. The highest BCUT2D eigenvalue weighted by atomic mass is 19.4. The van der Waals surface area contributed by atoms with E-state index < -0.39 is 6.36 Å². The third-order valence-corrected chi connectivity index (χ3v) is 2.78. The summed E-state index contributed by atoms with van der Waals surface area (Å²) >= 11 is 0. The number of aromatic nitrogens is 3. The van der Waals surface area contributed by atoms with Gasteiger partial charge in [0, 0.05) is 17.8 Å². The second kappa shape index (κ2) is 4.65. The monoisotopic (exact) mass is 295 g/mol. The highest BCUT2D eigenvalue weighted by Gasteiger charge is 2.31. The average Bonchev–Trinajstić information content (AvgIpc) is 2.80. The van der Waals surface area contributed by atoms with Crippen molar-refractivity contribution in [2.75, 3.05) is 0 Å². The maximum absolute atomic E-state index is 12.2. The van der Waals surface area contributed by atoms with Crippen molar-refractivity contribution in [1.82, 2.24) is 14.6 Å². The Morgan fingerprint density at radius 1 is 1.24 bits per heavy atom. The number of hydrogen-bond donors (Lipinski definition) is 1. The molecule has 8 heteroatoms. The molecule has 0 fully saturated rings. The third-order valence-electron chi connectivity index (χ3n) is 2.78. The molecule has 0 spiro atoms. The molecule has 5 nitrogen and oxygen atoms in total. The Morgan fingerprint density at radius 2 is 2.05 bits per heavy atom. The average molecular weight is 295 g/mol. The molecule has 1 aromatic carbocycles. The molecule has 1 N–H and O–H groups in total. The van der Waals surface area contributed by atoms with Crippen molar-refractivity contribution < 1.29 is 17.9 Å². The van der Waals surface area contributed by atoms with Gasteiger partial charge in [0.1, 0.15) is 11.4 Å². The molecule has 3 rings (SSSR count). The van der Waals surface area contributed by atoms with E-state index in [-0.39, 0.29) is 11.3 Å². The summed E-state index contributed by atoms with van der Waals surface area (Å²) in [5.74, 6) is -0.336. The predicted octanol–water partition coefficient (Wildman–Crippen LogP) is 2.59. The first-order valence-electron chi connectivity index (χ1n) is 5.85. The van der Waals surface area contributed by atoms with Gasteiger partial charge in [-0.15, -0.1) is 13.2 Å². The van der Waals surface area contributed by atoms with Crippen molar-refractivity contribution in [1.29, 1.82) is 0 Å². The Bertz CT molecular complexity index is 851. The number of fused-ring (bicyclic) bond motifs is 1. The molecule has 2 heterocycles. The van der Waals surface area contributed by atoms with Gasteiger partial charge >= 0.3 is 6.36 Å². The smallest absolute Gasteiger partial charge is 0.406 e. The molecular formula is C13H8F3N3O2. The summed E-state index contributed by atoms with van der Waals surface area (Å²) in [6.07, 6.45) is -1.83. The lowest BCUT2D eigenvalue weighted by Gasteiger charge is -2.09. The topological polar surface area (TPSA) is 59.4 Å². The molecule has 3 aromatic rings. The quantitative estimate of drug-likeness (QED) is 0.790. The van der Waals surface area contributed by atoms with Crippen LogP contribution in [-0.2, 0) is 0 Å². The summed E-state index contributed by atoms with van der Waals surface area (Å²) in [5, 5.41) is 4.02. The van der Waals surface area contributed by atoms with E-state index in [1.165, 1.54) is 41.2 Å². The van der Waals surface area contributed by atoms with Crippen LogP contribution in [0.3, 0.4) is 0 Å². The van der Waals surface area contributed by atoms with Gasteiger partial charge < -0.3 is 9.72 Å². The van der Waals surface area contributed by atoms with Gasteiger partial charge in [0.05, 0.1) is 6.20 Å². The molecule has 0 atom stereocenters. The van der Waals surface area contributed by atoms with Crippen molar-refractivity contribution >= 4 is 5.65 Å². The van der Waals surface area contributed by atoms with Crippen LogP contribution in [0.15, 0.2) is 47.5 Å². The van der Waals surface area contributed by atoms with Gasteiger partial charge in [0.15, 0.2) is 0 Å². The Labute approximate surface area is 115 Å². The summed E-state index contributed by atoms with van der Waals surface area (Å²) in [6, 6.07) is 6.76. The summed E-state index contributed by atoms with van der Waals surface area (Å²) in [6.45, 7) is 0. The number of rotatable bonds is 2. The lowest BCUT2D eigenvalue weighted by atomic mass is 10.1. The normalized spacial score (nSPS) is 11.8. The van der Waals surface area contributed by atoms with E-state index in [1.807, 2.05) is 0 Å². The second-order valence-corrected chi connectivity index (χ2v) is 4.23. The highest BCUT2D eigenvalue weighted by Crippen LogP contribution is 2.29. The van der Waals surface area contributed by atoms with E-state index in [0.717, 1.165) is 0 Å². The molecule has 0 aliphatic rings. The van der Waals surface area contributed by atoms with E-state index in [4.69, 9.17) is 0 Å². The zero-order valence-corrected chi connectivity index (χ0v) is 10.4. The molecule has 0 radical (unpaired) electrons. The van der Waals surface area contributed by atoms with Crippen molar-refractivity contribution in [2.24, 2.45) is 0 Å². The summed E-state index contributed by atoms with van der Waals surface area (Å²) in [7, 11) is 0. The van der Waals surface area contributed by atoms with Gasteiger partial charge in [0.2, 0.25) is 0 Å². The number of benzene rings is 1. The number of hydrogen-bond acceptors (Lipinski definition) is 3. The van der Waals surface area contributed by atoms with E-state index >= 15 is 0 Å². The van der Waals surface area contributed by atoms with Crippen LogP contribution in [0.5, 0.6) is 5.75 Å². The SMILES string of the molecule is O=c1ccn2ncc(-c3cccc(OC(F)(F)F)c3)c2[nH]1. The maximum Gasteiger partial charge on any atom is 0.573 e. The third kappa shape index (κ3) is 2.73. The predicted molar refractivity (Wildman–Crippen MR) is 67.9 cm³/mol. The number of nitrogens with one attached hydrogen (secondary N) is 1. The van der Waals surface area contributed by atoms with Crippen molar-refractivity contribution in [3.8, 4) is 16.9 Å². The van der Waals surface area contributed by atoms with Crippen molar-refractivity contribution in [3.05, 3.63) is 53.1 Å². The number of ether oxygens (including phenoxy) is 1. The molecule has 21 heavy (non-hydrogen) atoms. The molecule has 0 aliphatic heterocycles. The fourth-order valence-electron chi connectivity index (χ4n) is 1.97. The number of halogens is 3. The van der Waals surface area contributed by atoms with E-state index in [9.17, 15) is 18.0 Å². The van der Waals surface area contributed by atoms with Gasteiger partial charge in [-0.05, 0) is 17.7 Å². The summed E-state index contributed by atoms with van der Waals surface area (Å²) < 4.78 is 42.0. The molecule has 0 aliphatic carbocycles. The van der Waals surface area contributed by atoms with Crippen molar-refractivity contribution in [2.45, 2.75) is 6.36 Å². The standard InChI is InChI=1S/C13H8F3N3O2/c14-13(15,16)21-9-3-1-2-8(6-9)10-7-17-19-5-4-11(20)18-12(10)19/h1-7H,(H,18,20). The fraction of sp³-hybridized carbons (Fsp3) is 0.0769. The molecule has 0 saturated carbocycles. The maximum atomic E-state index is 12.2. The minimum atomic E-state index is -4.76. The highest BCUT2D eigenvalue weighted by molar-refractivity contribution is 5.77. The molecule has 0 bridgehead atoms. The fourth-order valence-corrected chi connectivity index (χ4v) is 1.97. The second-order valence-electron chi connectivity index (χ2n) is 4.23. The van der Waals surface area contributed by atoms with Gasteiger partial charge in [-0.2, -0.15) is 5.10 Å². The number of alkyl halides is 3. The van der Waals surface area contributed by atoms with Crippen LogP contribution in [0.1, 0.15) is 0 Å². The minimum absolute atomic E-state index is 0.327. The number of nitrogens with zero attached hydrogens (tertiary/aromatic N) is 2. The van der Waals surface area contributed by atoms with Crippen LogP contribution >= 0.6 is 0 Å². The van der Waals surface area contributed by atoms with Gasteiger partial charge in [0.25, 0.3) is 5.56 Å². The van der Waals surface area contributed by atoms with Crippen molar-refractivity contribution in [3.63, 3.8) is 0 Å². The number of aromatic amines is 1. The van der Waals surface area contributed by atoms with Gasteiger partial charge in [-0.1, -0.05) is 12.1 Å². The molecular weight excluding hydrogens is 287 g/mol. The first kappa shape index (κ1) is 13.2. The van der Waals surface area contributed by atoms with E-state index in [0.29, 0.717) is 16.8 Å². The zero-order chi connectivity index (χ0) is 15.0. The first-order valence-corrected chi connectivity index (χ1v) is 5.85. The summed E-state index contributed by atoms with van der Waals surface area (Å²) in [5.41, 5.74) is 1.02. The van der Waals surface area contributed by atoms with Crippen LogP contribution in [0.2, 0.25) is 0 Å². The Kier molecular flexibility index (Phi) is 2.93. The molecule has 0 saturated heterocycles. The van der Waals surface area contributed by atoms with Crippen LogP contribution < -0.4 is 10.3 Å². The first-order chi connectivity index (χ1) is 9.92. The van der Waals surface area contributed by atoms with E-state index in [2.05, 4.69) is 14.8 Å². The lowest BCUT2D eigenvalue weighted by Crippen LogP contribution is -2.17.